The van der Waals surface area contributed by atoms with Gasteiger partial charge in [0, 0.05) is 18.9 Å². The van der Waals surface area contributed by atoms with Crippen LogP contribution in [0.5, 0.6) is 0 Å². The molecule has 4 rings (SSSR count). The number of aryl methyl sites for hydroxylation is 1. The summed E-state index contributed by atoms with van der Waals surface area (Å²) in [5.74, 6) is -0.276. The highest BCUT2D eigenvalue weighted by molar-refractivity contribution is 6.06. The Hall–Kier alpha value is -2.84. The van der Waals surface area contributed by atoms with Crippen LogP contribution in [0.3, 0.4) is 0 Å². The van der Waals surface area contributed by atoms with Crippen LogP contribution in [0.4, 0.5) is 18.9 Å². The van der Waals surface area contributed by atoms with Gasteiger partial charge in [0.05, 0.1) is 23.1 Å². The number of fused-ring (bicyclic) bond motifs is 2. The predicted molar refractivity (Wildman–Crippen MR) is 78.8 cm³/mol. The lowest BCUT2D eigenvalue weighted by Gasteiger charge is -2.26. The van der Waals surface area contributed by atoms with Crippen molar-refractivity contribution in [2.45, 2.75) is 19.0 Å². The van der Waals surface area contributed by atoms with Crippen molar-refractivity contribution in [3.8, 4) is 0 Å². The van der Waals surface area contributed by atoms with E-state index in [0.717, 1.165) is 24.7 Å². The van der Waals surface area contributed by atoms with Crippen LogP contribution in [-0.2, 0) is 12.6 Å². The van der Waals surface area contributed by atoms with Gasteiger partial charge in [0.25, 0.3) is 5.91 Å². The number of carbonyl (C=O) groups excluding carboxylic acids is 1. The zero-order valence-electron chi connectivity index (χ0n) is 12.3. The summed E-state index contributed by atoms with van der Waals surface area (Å²) in [5, 5.41) is 6.81. The van der Waals surface area contributed by atoms with E-state index in [1.165, 1.54) is 22.7 Å². The Bertz CT molecular complexity index is 927. The Balaban J connectivity index is 1.71. The van der Waals surface area contributed by atoms with E-state index < -0.39 is 11.9 Å². The molecule has 0 atom stereocenters. The number of hydrogen-bond donors (Lipinski definition) is 1. The molecule has 0 aliphatic carbocycles. The first kappa shape index (κ1) is 14.7. The quantitative estimate of drug-likeness (QED) is 0.743. The van der Waals surface area contributed by atoms with Gasteiger partial charge in [0.2, 0.25) is 0 Å². The largest absolute Gasteiger partial charge is 0.434 e. The molecule has 0 unspecified atom stereocenters. The van der Waals surface area contributed by atoms with E-state index in [-0.39, 0.29) is 11.6 Å². The molecule has 4 heterocycles. The summed E-state index contributed by atoms with van der Waals surface area (Å²) in [6.07, 6.45) is 0.930. The second-order valence-corrected chi connectivity index (χ2v) is 5.60. The molecule has 0 aromatic carbocycles. The summed E-state index contributed by atoms with van der Waals surface area (Å²) < 4.78 is 39.5. The van der Waals surface area contributed by atoms with E-state index >= 15 is 0 Å². The number of aromatic nitrogens is 4. The second kappa shape index (κ2) is 5.08. The molecule has 0 spiro atoms. The number of halogens is 3. The number of pyridine rings is 1. The molecule has 1 aliphatic heterocycles. The molecule has 24 heavy (non-hydrogen) atoms. The van der Waals surface area contributed by atoms with Gasteiger partial charge in [-0.2, -0.15) is 18.3 Å². The van der Waals surface area contributed by atoms with Gasteiger partial charge in [0.1, 0.15) is 5.65 Å². The highest BCUT2D eigenvalue weighted by Gasteiger charge is 2.34. The van der Waals surface area contributed by atoms with Crippen LogP contribution in [0.2, 0.25) is 0 Å². The molecule has 0 fully saturated rings. The van der Waals surface area contributed by atoms with Crippen molar-refractivity contribution in [2.75, 3.05) is 11.4 Å². The number of aromatic amines is 1. The third-order valence-corrected chi connectivity index (χ3v) is 4.03. The van der Waals surface area contributed by atoms with Crippen molar-refractivity contribution in [2.24, 2.45) is 0 Å². The van der Waals surface area contributed by atoms with Gasteiger partial charge >= 0.3 is 6.18 Å². The topological polar surface area (TPSA) is 66.3 Å². The summed E-state index contributed by atoms with van der Waals surface area (Å²) in [5.41, 5.74) is 1.05. The SMILES string of the molecule is O=C(c1ccc2nc(C(F)(F)F)cn2c1)N1CCCc2[nH]ncc21. The molecule has 6 nitrogen and oxygen atoms in total. The molecule has 0 radical (unpaired) electrons. The van der Waals surface area contributed by atoms with E-state index in [2.05, 4.69) is 15.2 Å². The van der Waals surface area contributed by atoms with Crippen molar-refractivity contribution in [3.05, 3.63) is 47.7 Å². The summed E-state index contributed by atoms with van der Waals surface area (Å²) >= 11 is 0. The molecule has 1 amide bonds. The fraction of sp³-hybridized carbons (Fsp3) is 0.267. The molecule has 3 aromatic heterocycles. The van der Waals surface area contributed by atoms with Gasteiger partial charge in [-0.25, -0.2) is 4.98 Å². The normalized spacial score (nSPS) is 14.9. The minimum absolute atomic E-state index is 0.140. The second-order valence-electron chi connectivity index (χ2n) is 5.60. The zero-order valence-corrected chi connectivity index (χ0v) is 12.3. The van der Waals surface area contributed by atoms with Crippen molar-refractivity contribution < 1.29 is 18.0 Å². The number of rotatable bonds is 1. The maximum atomic E-state index is 12.7. The predicted octanol–water partition coefficient (Wildman–Crippen LogP) is 2.67. The van der Waals surface area contributed by atoms with E-state index in [4.69, 9.17) is 0 Å². The van der Waals surface area contributed by atoms with Crippen LogP contribution in [0, 0.1) is 0 Å². The molecule has 9 heteroatoms. The average Bonchev–Trinajstić information content (AvgIpc) is 3.18. The summed E-state index contributed by atoms with van der Waals surface area (Å²) in [4.78, 5) is 17.8. The smallest absolute Gasteiger partial charge is 0.306 e. The van der Waals surface area contributed by atoms with Gasteiger partial charge < -0.3 is 9.30 Å². The number of hydrogen-bond acceptors (Lipinski definition) is 3. The molecule has 1 aliphatic rings. The van der Waals surface area contributed by atoms with E-state index in [1.54, 1.807) is 11.1 Å². The Labute approximate surface area is 133 Å². The molecule has 0 saturated carbocycles. The highest BCUT2D eigenvalue weighted by atomic mass is 19.4. The van der Waals surface area contributed by atoms with Crippen LogP contribution in [0.15, 0.2) is 30.7 Å². The first-order valence-corrected chi connectivity index (χ1v) is 7.33. The van der Waals surface area contributed by atoms with Crippen molar-refractivity contribution in [3.63, 3.8) is 0 Å². The van der Waals surface area contributed by atoms with Crippen LogP contribution in [0.25, 0.3) is 5.65 Å². The van der Waals surface area contributed by atoms with Gasteiger partial charge in [-0.3, -0.25) is 9.89 Å². The van der Waals surface area contributed by atoms with Crippen LogP contribution >= 0.6 is 0 Å². The lowest BCUT2D eigenvalue weighted by molar-refractivity contribution is -0.140. The molecule has 1 N–H and O–H groups in total. The van der Waals surface area contributed by atoms with Crippen molar-refractivity contribution in [1.82, 2.24) is 19.6 Å². The van der Waals surface area contributed by atoms with Crippen LogP contribution < -0.4 is 4.90 Å². The molecule has 3 aromatic rings. The summed E-state index contributed by atoms with van der Waals surface area (Å²) in [7, 11) is 0. The Morgan fingerprint density at radius 1 is 1.25 bits per heavy atom. The monoisotopic (exact) mass is 335 g/mol. The minimum Gasteiger partial charge on any atom is -0.306 e. The number of imidazole rings is 1. The molecular formula is C15H12F3N5O. The maximum Gasteiger partial charge on any atom is 0.434 e. The Morgan fingerprint density at radius 2 is 2.08 bits per heavy atom. The minimum atomic E-state index is -4.52. The molecular weight excluding hydrogens is 323 g/mol. The van der Waals surface area contributed by atoms with Crippen molar-refractivity contribution in [1.29, 1.82) is 0 Å². The Morgan fingerprint density at radius 3 is 2.88 bits per heavy atom. The van der Waals surface area contributed by atoms with E-state index in [9.17, 15) is 18.0 Å². The number of nitrogens with zero attached hydrogens (tertiary/aromatic N) is 4. The van der Waals surface area contributed by atoms with Gasteiger partial charge in [0.15, 0.2) is 5.69 Å². The number of alkyl halides is 3. The summed E-state index contributed by atoms with van der Waals surface area (Å²) in [6.45, 7) is 0.543. The third kappa shape index (κ3) is 2.32. The number of amides is 1. The van der Waals surface area contributed by atoms with E-state index in [1.807, 2.05) is 0 Å². The van der Waals surface area contributed by atoms with Gasteiger partial charge in [-0.1, -0.05) is 0 Å². The third-order valence-electron chi connectivity index (χ3n) is 4.03. The summed E-state index contributed by atoms with van der Waals surface area (Å²) in [6, 6.07) is 2.89. The lowest BCUT2D eigenvalue weighted by Crippen LogP contribution is -2.35. The first-order valence-electron chi connectivity index (χ1n) is 7.33. The lowest BCUT2D eigenvalue weighted by atomic mass is 10.1. The maximum absolute atomic E-state index is 12.7. The van der Waals surface area contributed by atoms with Crippen LogP contribution in [-0.4, -0.2) is 32.0 Å². The van der Waals surface area contributed by atoms with Crippen LogP contribution in [0.1, 0.15) is 28.2 Å². The van der Waals surface area contributed by atoms with Crippen molar-refractivity contribution >= 4 is 17.2 Å². The average molecular weight is 335 g/mol. The van der Waals surface area contributed by atoms with Gasteiger partial charge in [-0.05, 0) is 25.0 Å². The van der Waals surface area contributed by atoms with E-state index in [0.29, 0.717) is 17.8 Å². The number of carbonyl (C=O) groups is 1. The highest BCUT2D eigenvalue weighted by Crippen LogP contribution is 2.29. The number of anilines is 1. The number of H-pyrrole nitrogens is 1. The molecule has 0 bridgehead atoms. The fourth-order valence-corrected chi connectivity index (χ4v) is 2.88. The zero-order chi connectivity index (χ0) is 16.9. The fourth-order valence-electron chi connectivity index (χ4n) is 2.88. The standard InChI is InChI=1S/C15H12F3N5O/c16-15(17,18)12-8-22-7-9(3-4-13(22)20-12)14(24)23-5-1-2-10-11(23)6-19-21-10/h3-4,6-8H,1-2,5H2,(H,19,21). The first-order chi connectivity index (χ1) is 11.4. The molecule has 124 valence electrons. The van der Waals surface area contributed by atoms with Gasteiger partial charge in [-0.15, -0.1) is 0 Å². The molecule has 0 saturated heterocycles. The number of nitrogens with one attached hydrogen (secondary N) is 1. The Kier molecular flexibility index (Phi) is 3.12.